The first kappa shape index (κ1) is 28.0. The van der Waals surface area contributed by atoms with Gasteiger partial charge in [0.1, 0.15) is 0 Å². The van der Waals surface area contributed by atoms with Crippen molar-refractivity contribution in [3.63, 3.8) is 0 Å². The van der Waals surface area contributed by atoms with Crippen molar-refractivity contribution in [3.05, 3.63) is 125 Å². The smallest absolute Gasteiger partial charge is 0.0485 e. The molecule has 0 heterocycles. The molecule has 200 valence electrons. The minimum atomic E-state index is 0.173. The fourth-order valence-corrected chi connectivity index (χ4v) is 6.18. The average molecular weight is 506 g/mol. The molecular formula is C37H47N. The Morgan fingerprint density at radius 2 is 1.53 bits per heavy atom. The molecule has 0 radical (unpaired) electrons. The summed E-state index contributed by atoms with van der Waals surface area (Å²) < 4.78 is 0. The van der Waals surface area contributed by atoms with E-state index in [4.69, 9.17) is 0 Å². The minimum absolute atomic E-state index is 0.173. The van der Waals surface area contributed by atoms with Gasteiger partial charge in [-0.15, -0.1) is 0 Å². The number of allylic oxidation sites excluding steroid dienone is 5. The van der Waals surface area contributed by atoms with Crippen LogP contribution < -0.4 is 5.32 Å². The van der Waals surface area contributed by atoms with E-state index in [-0.39, 0.29) is 6.04 Å². The van der Waals surface area contributed by atoms with Gasteiger partial charge in [0.25, 0.3) is 0 Å². The molecule has 0 aromatic heterocycles. The van der Waals surface area contributed by atoms with Gasteiger partial charge in [-0.05, 0) is 92.2 Å². The van der Waals surface area contributed by atoms with Gasteiger partial charge >= 0.3 is 0 Å². The third kappa shape index (κ3) is 7.28. The molecule has 0 spiro atoms. The molecule has 1 heteroatoms. The number of aryl methyl sites for hydroxylation is 1. The fourth-order valence-electron chi connectivity index (χ4n) is 6.18. The lowest BCUT2D eigenvalue weighted by Crippen LogP contribution is -2.18. The summed E-state index contributed by atoms with van der Waals surface area (Å²) in [7, 11) is 0. The predicted molar refractivity (Wildman–Crippen MR) is 166 cm³/mol. The molecular weight excluding hydrogens is 458 g/mol. The predicted octanol–water partition coefficient (Wildman–Crippen LogP) is 10.6. The van der Waals surface area contributed by atoms with Crippen LogP contribution in [0.4, 0.5) is 0 Å². The van der Waals surface area contributed by atoms with E-state index in [9.17, 15) is 0 Å². The second-order valence-electron chi connectivity index (χ2n) is 11.4. The summed E-state index contributed by atoms with van der Waals surface area (Å²) in [5.74, 6) is 0.810. The summed E-state index contributed by atoms with van der Waals surface area (Å²) in [6.07, 6.45) is 19.5. The van der Waals surface area contributed by atoms with Gasteiger partial charge in [-0.25, -0.2) is 0 Å². The third-order valence-electron chi connectivity index (χ3n) is 8.50. The molecule has 0 bridgehead atoms. The lowest BCUT2D eigenvalue weighted by atomic mass is 9.84. The summed E-state index contributed by atoms with van der Waals surface area (Å²) >= 11 is 0. The van der Waals surface area contributed by atoms with Crippen LogP contribution in [0.25, 0.3) is 5.57 Å². The first-order chi connectivity index (χ1) is 18.5. The Morgan fingerprint density at radius 1 is 0.921 bits per heavy atom. The van der Waals surface area contributed by atoms with Crippen molar-refractivity contribution >= 4 is 5.57 Å². The van der Waals surface area contributed by atoms with E-state index in [1.54, 1.807) is 5.57 Å². The molecule has 1 N–H and O–H groups in total. The lowest BCUT2D eigenvalue weighted by Gasteiger charge is -2.22. The molecule has 4 rings (SSSR count). The number of hydrogen-bond acceptors (Lipinski definition) is 1. The second-order valence-corrected chi connectivity index (χ2v) is 11.4. The Kier molecular flexibility index (Phi) is 10.0. The molecule has 2 aromatic rings. The highest BCUT2D eigenvalue weighted by Gasteiger charge is 2.17. The first-order valence-electron chi connectivity index (χ1n) is 14.8. The lowest BCUT2D eigenvalue weighted by molar-refractivity contribution is 0.548. The average Bonchev–Trinajstić information content (AvgIpc) is 3.46. The van der Waals surface area contributed by atoms with Gasteiger partial charge in [0, 0.05) is 11.7 Å². The maximum absolute atomic E-state index is 4.40. The van der Waals surface area contributed by atoms with Crippen molar-refractivity contribution in [2.45, 2.75) is 91.0 Å². The van der Waals surface area contributed by atoms with Crippen molar-refractivity contribution in [2.75, 3.05) is 0 Å². The van der Waals surface area contributed by atoms with Crippen molar-refractivity contribution in [1.82, 2.24) is 5.32 Å². The molecule has 0 amide bonds. The Bertz CT molecular complexity index is 1170. The third-order valence-corrected chi connectivity index (χ3v) is 8.50. The van der Waals surface area contributed by atoms with Gasteiger partial charge in [-0.1, -0.05) is 123 Å². The summed E-state index contributed by atoms with van der Waals surface area (Å²) in [6, 6.07) is 18.5. The molecule has 1 unspecified atom stereocenters. The monoisotopic (exact) mass is 505 g/mol. The van der Waals surface area contributed by atoms with Crippen molar-refractivity contribution in [2.24, 2.45) is 5.92 Å². The number of hydrogen-bond donors (Lipinski definition) is 1. The highest BCUT2D eigenvalue weighted by Crippen LogP contribution is 2.36. The number of rotatable bonds is 10. The van der Waals surface area contributed by atoms with E-state index in [0.29, 0.717) is 0 Å². The van der Waals surface area contributed by atoms with Gasteiger partial charge in [-0.3, -0.25) is 0 Å². The van der Waals surface area contributed by atoms with Crippen LogP contribution in [0.2, 0.25) is 0 Å². The highest BCUT2D eigenvalue weighted by molar-refractivity contribution is 5.82. The fraction of sp³-hybridized carbons (Fsp3) is 0.405. The van der Waals surface area contributed by atoms with Crippen LogP contribution in [0.3, 0.4) is 0 Å². The standard InChI is InChI=1S/C37H47N/c1-6-30(25-31-13-11-12-14-31)26-32(7-2)28(4)38-29(5)33-21-23-36(24-22-33)37(34-15-9-8-10-16-34)35-19-17-27(3)18-20-35/h6-7,17-24,26,29,31,38H,1,4,8-16,25H2,2-3,5H3/b30-26+,32-7+. The van der Waals surface area contributed by atoms with E-state index in [0.717, 1.165) is 23.6 Å². The summed E-state index contributed by atoms with van der Waals surface area (Å²) in [5, 5.41) is 3.67. The minimum Gasteiger partial charge on any atom is -0.379 e. The zero-order chi connectivity index (χ0) is 26.9. The molecule has 2 fully saturated rings. The van der Waals surface area contributed by atoms with Crippen LogP contribution >= 0.6 is 0 Å². The maximum Gasteiger partial charge on any atom is 0.0485 e. The molecule has 2 aliphatic rings. The molecule has 38 heavy (non-hydrogen) atoms. The summed E-state index contributed by atoms with van der Waals surface area (Å²) in [5.41, 5.74) is 11.8. The molecule has 1 atom stereocenters. The van der Waals surface area contributed by atoms with Crippen LogP contribution in [-0.4, -0.2) is 0 Å². The molecule has 2 saturated carbocycles. The molecule has 1 nitrogen and oxygen atoms in total. The first-order valence-corrected chi connectivity index (χ1v) is 14.8. The van der Waals surface area contributed by atoms with Crippen molar-refractivity contribution in [1.29, 1.82) is 0 Å². The zero-order valence-electron chi connectivity index (χ0n) is 24.0. The maximum atomic E-state index is 4.40. The quantitative estimate of drug-likeness (QED) is 0.317. The van der Waals surface area contributed by atoms with E-state index < -0.39 is 0 Å². The zero-order valence-corrected chi connectivity index (χ0v) is 24.0. The Morgan fingerprint density at radius 3 is 2.11 bits per heavy atom. The van der Waals surface area contributed by atoms with Crippen molar-refractivity contribution < 1.29 is 0 Å². The molecule has 2 aromatic carbocycles. The summed E-state index contributed by atoms with van der Waals surface area (Å²) in [6.45, 7) is 15.0. The van der Waals surface area contributed by atoms with Crippen LogP contribution in [0.5, 0.6) is 0 Å². The van der Waals surface area contributed by atoms with Crippen LogP contribution in [0.1, 0.15) is 106 Å². The highest BCUT2D eigenvalue weighted by atomic mass is 14.9. The summed E-state index contributed by atoms with van der Waals surface area (Å²) in [4.78, 5) is 0. The van der Waals surface area contributed by atoms with Gasteiger partial charge in [0.15, 0.2) is 0 Å². The van der Waals surface area contributed by atoms with E-state index in [2.05, 4.69) is 99.9 Å². The Hall–Kier alpha value is -3.06. The molecule has 0 saturated heterocycles. The van der Waals surface area contributed by atoms with Crippen molar-refractivity contribution in [3.8, 4) is 0 Å². The normalized spacial score (nSPS) is 17.8. The number of nitrogens with one attached hydrogen (secondary N) is 1. The molecule has 0 aliphatic heterocycles. The largest absolute Gasteiger partial charge is 0.379 e. The molecule has 2 aliphatic carbocycles. The second kappa shape index (κ2) is 13.7. The SMILES string of the molecule is C=C/C(=C\C(=C/C)C(=C)NC(C)c1ccc(C(=C2CCCCC2)c2ccc(C)cc2)cc1)CC1CCCC1. The Balaban J connectivity index is 1.48. The van der Waals surface area contributed by atoms with Gasteiger partial charge in [0.05, 0.1) is 0 Å². The number of benzene rings is 2. The van der Waals surface area contributed by atoms with Crippen LogP contribution in [0.15, 0.2) is 102 Å². The van der Waals surface area contributed by atoms with E-state index in [1.165, 1.54) is 91.2 Å². The van der Waals surface area contributed by atoms with Crippen LogP contribution in [-0.2, 0) is 0 Å². The van der Waals surface area contributed by atoms with Crippen LogP contribution in [0, 0.1) is 12.8 Å². The van der Waals surface area contributed by atoms with E-state index in [1.807, 2.05) is 6.08 Å². The van der Waals surface area contributed by atoms with Gasteiger partial charge < -0.3 is 5.32 Å². The van der Waals surface area contributed by atoms with E-state index >= 15 is 0 Å². The Labute approximate surface area is 232 Å². The topological polar surface area (TPSA) is 12.0 Å². The van der Waals surface area contributed by atoms with Gasteiger partial charge in [-0.2, -0.15) is 0 Å². The van der Waals surface area contributed by atoms with Gasteiger partial charge in [0.2, 0.25) is 0 Å².